The number of imide groups is 1. The van der Waals surface area contributed by atoms with Gasteiger partial charge in [-0.15, -0.1) is 0 Å². The Morgan fingerprint density at radius 1 is 1.08 bits per heavy atom. The quantitative estimate of drug-likeness (QED) is 0.169. The summed E-state index contributed by atoms with van der Waals surface area (Å²) in [6, 6.07) is 9.18. The molecule has 3 amide bonds. The third kappa shape index (κ3) is 4.61. The van der Waals surface area contributed by atoms with Crippen LogP contribution >= 0.6 is 0 Å². The zero-order valence-corrected chi connectivity index (χ0v) is 18.6. The molecule has 184 valence electrons. The van der Waals surface area contributed by atoms with Crippen LogP contribution in [0.1, 0.15) is 33.2 Å². The highest BCUT2D eigenvalue weighted by Gasteiger charge is 2.41. The molecule has 13 nitrogen and oxygen atoms in total. The van der Waals surface area contributed by atoms with E-state index >= 15 is 0 Å². The molecule has 0 unspecified atom stereocenters. The lowest BCUT2D eigenvalue weighted by atomic mass is 10.1. The lowest BCUT2D eigenvalue weighted by molar-refractivity contribution is -0.385. The van der Waals surface area contributed by atoms with Crippen LogP contribution < -0.4 is 10.9 Å². The molecule has 0 saturated heterocycles. The molecule has 1 aromatic heterocycles. The second-order valence-corrected chi connectivity index (χ2v) is 7.46. The van der Waals surface area contributed by atoms with Gasteiger partial charge >= 0.3 is 17.7 Å². The van der Waals surface area contributed by atoms with Gasteiger partial charge in [0, 0.05) is 34.8 Å². The van der Waals surface area contributed by atoms with Crippen LogP contribution in [-0.4, -0.2) is 46.9 Å². The normalized spacial score (nSPS) is 12.4. The molecule has 0 aliphatic carbocycles. The highest BCUT2D eigenvalue weighted by atomic mass is 16.6. The van der Waals surface area contributed by atoms with E-state index in [0.717, 1.165) is 12.1 Å². The first kappa shape index (κ1) is 24.1. The number of hydrogen-bond acceptors (Lipinski definition) is 10. The van der Waals surface area contributed by atoms with Gasteiger partial charge in [0.1, 0.15) is 24.3 Å². The number of esters is 1. The summed E-state index contributed by atoms with van der Waals surface area (Å²) in [7, 11) is 0. The first-order valence-electron chi connectivity index (χ1n) is 10.5. The monoisotopic (exact) mass is 495 g/mol. The van der Waals surface area contributed by atoms with E-state index in [1.807, 2.05) is 0 Å². The van der Waals surface area contributed by atoms with E-state index in [1.54, 1.807) is 6.92 Å². The second kappa shape index (κ2) is 9.66. The number of benzene rings is 2. The third-order valence-electron chi connectivity index (χ3n) is 5.20. The van der Waals surface area contributed by atoms with Crippen molar-refractivity contribution in [2.45, 2.75) is 13.5 Å². The summed E-state index contributed by atoms with van der Waals surface area (Å²) in [5, 5.41) is 14.1. The van der Waals surface area contributed by atoms with Gasteiger partial charge in [-0.3, -0.25) is 34.7 Å². The average Bonchev–Trinajstić information content (AvgIpc) is 3.07. The third-order valence-corrected chi connectivity index (χ3v) is 5.20. The molecule has 1 N–H and O–H groups in total. The molecule has 36 heavy (non-hydrogen) atoms. The molecule has 1 aliphatic heterocycles. The van der Waals surface area contributed by atoms with Crippen molar-refractivity contribution in [2.75, 3.05) is 18.5 Å². The largest absolute Gasteiger partial charge is 0.459 e. The fourth-order valence-electron chi connectivity index (χ4n) is 3.66. The van der Waals surface area contributed by atoms with Crippen molar-refractivity contribution >= 4 is 46.2 Å². The van der Waals surface area contributed by atoms with Crippen molar-refractivity contribution in [3.05, 3.63) is 79.7 Å². The number of anilines is 1. The van der Waals surface area contributed by atoms with Crippen molar-refractivity contribution in [3.63, 3.8) is 0 Å². The van der Waals surface area contributed by atoms with Crippen LogP contribution in [0.4, 0.5) is 16.2 Å². The Bertz CT molecular complexity index is 1490. The highest BCUT2D eigenvalue weighted by Crippen LogP contribution is 2.30. The van der Waals surface area contributed by atoms with E-state index in [9.17, 15) is 34.1 Å². The van der Waals surface area contributed by atoms with Crippen LogP contribution in [0, 0.1) is 10.1 Å². The van der Waals surface area contributed by atoms with Crippen LogP contribution in [0.5, 0.6) is 0 Å². The Kier molecular flexibility index (Phi) is 6.46. The van der Waals surface area contributed by atoms with Crippen molar-refractivity contribution in [1.82, 2.24) is 4.90 Å². The zero-order chi connectivity index (χ0) is 26.0. The Morgan fingerprint density at radius 2 is 1.86 bits per heavy atom. The lowest BCUT2D eigenvalue weighted by Gasteiger charge is -2.13. The van der Waals surface area contributed by atoms with Crippen molar-refractivity contribution in [1.29, 1.82) is 0 Å². The summed E-state index contributed by atoms with van der Waals surface area (Å²) in [4.78, 5) is 72.2. The topological polar surface area (TPSA) is 175 Å². The van der Waals surface area contributed by atoms with Gasteiger partial charge in [-0.05, 0) is 25.1 Å². The Hall–Kier alpha value is -5.07. The second-order valence-electron chi connectivity index (χ2n) is 7.46. The standard InChI is InChI=1S/C23H17N3O10/c1-2-34-23(31)24-13-6-7-14-12(8-18(27)36-17(14)9-13)11-35-19(28)10-25-21(29)15-4-3-5-16(26(32)33)20(15)22(25)30/h3-9H,2,10-11H2,1H3,(H,24,31). The first-order valence-corrected chi connectivity index (χ1v) is 10.5. The van der Waals surface area contributed by atoms with E-state index in [1.165, 1.54) is 30.3 Å². The van der Waals surface area contributed by atoms with E-state index < -0.39 is 53.3 Å². The van der Waals surface area contributed by atoms with Crippen molar-refractivity contribution in [3.8, 4) is 0 Å². The minimum Gasteiger partial charge on any atom is -0.459 e. The van der Waals surface area contributed by atoms with Crippen molar-refractivity contribution in [2.24, 2.45) is 0 Å². The average molecular weight is 495 g/mol. The van der Waals surface area contributed by atoms with Gasteiger partial charge in [0.25, 0.3) is 17.5 Å². The number of amides is 3. The number of carbonyl (C=O) groups excluding carboxylic acids is 4. The fraction of sp³-hybridized carbons (Fsp3) is 0.174. The van der Waals surface area contributed by atoms with Gasteiger partial charge < -0.3 is 13.9 Å². The molecule has 0 bridgehead atoms. The summed E-state index contributed by atoms with van der Waals surface area (Å²) in [6.45, 7) is 0.637. The maximum absolute atomic E-state index is 12.6. The molecule has 0 fully saturated rings. The van der Waals surface area contributed by atoms with Gasteiger partial charge in [0.15, 0.2) is 0 Å². The summed E-state index contributed by atoms with van der Waals surface area (Å²) in [5.41, 5.74) is -1.17. The molecule has 4 rings (SSSR count). The molecule has 0 radical (unpaired) electrons. The Labute approximate surface area is 201 Å². The Morgan fingerprint density at radius 3 is 2.58 bits per heavy atom. The molecule has 13 heteroatoms. The molecule has 1 aliphatic rings. The van der Waals surface area contributed by atoms with Gasteiger partial charge in [-0.25, -0.2) is 9.59 Å². The highest BCUT2D eigenvalue weighted by molar-refractivity contribution is 6.24. The molecular formula is C23H17N3O10. The van der Waals surface area contributed by atoms with Crippen LogP contribution in [0.2, 0.25) is 0 Å². The van der Waals surface area contributed by atoms with Gasteiger partial charge in [0.2, 0.25) is 0 Å². The number of ether oxygens (including phenoxy) is 2. The predicted octanol–water partition coefficient (Wildman–Crippen LogP) is 2.61. The number of nitro groups is 1. The number of hydrogen-bond donors (Lipinski definition) is 1. The van der Waals surface area contributed by atoms with Crippen LogP contribution in [-0.2, 0) is 20.9 Å². The number of rotatable bonds is 7. The minimum absolute atomic E-state index is 0.107. The van der Waals surface area contributed by atoms with E-state index in [4.69, 9.17) is 13.9 Å². The van der Waals surface area contributed by atoms with E-state index in [2.05, 4.69) is 5.32 Å². The van der Waals surface area contributed by atoms with E-state index in [0.29, 0.717) is 16.0 Å². The summed E-state index contributed by atoms with van der Waals surface area (Å²) < 4.78 is 15.1. The summed E-state index contributed by atoms with van der Waals surface area (Å²) in [6.07, 6.45) is -0.692. The smallest absolute Gasteiger partial charge is 0.411 e. The molecular weight excluding hydrogens is 478 g/mol. The maximum atomic E-state index is 12.6. The zero-order valence-electron chi connectivity index (χ0n) is 18.6. The number of fused-ring (bicyclic) bond motifs is 2. The number of nitrogens with zero attached hydrogens (tertiary/aromatic N) is 2. The molecule has 2 heterocycles. The van der Waals surface area contributed by atoms with Gasteiger partial charge in [0.05, 0.1) is 17.1 Å². The molecule has 0 atom stereocenters. The minimum atomic E-state index is -0.980. The number of nitro benzene ring substituents is 1. The summed E-state index contributed by atoms with van der Waals surface area (Å²) in [5.74, 6) is -2.82. The lowest BCUT2D eigenvalue weighted by Crippen LogP contribution is -2.35. The first-order chi connectivity index (χ1) is 17.2. The summed E-state index contributed by atoms with van der Waals surface area (Å²) >= 11 is 0. The molecule has 2 aromatic carbocycles. The Balaban J connectivity index is 1.48. The fourth-order valence-corrected chi connectivity index (χ4v) is 3.66. The van der Waals surface area contributed by atoms with Gasteiger partial charge in [-0.1, -0.05) is 6.07 Å². The van der Waals surface area contributed by atoms with Crippen LogP contribution in [0.3, 0.4) is 0 Å². The molecule has 3 aromatic rings. The number of carbonyl (C=O) groups is 4. The van der Waals surface area contributed by atoms with Crippen LogP contribution in [0.25, 0.3) is 11.0 Å². The molecule has 0 spiro atoms. The predicted molar refractivity (Wildman–Crippen MR) is 121 cm³/mol. The van der Waals surface area contributed by atoms with Gasteiger partial charge in [-0.2, -0.15) is 0 Å². The van der Waals surface area contributed by atoms with Crippen LogP contribution in [0.15, 0.2) is 51.7 Å². The number of nitrogens with one attached hydrogen (secondary N) is 1. The van der Waals surface area contributed by atoms with Crippen molar-refractivity contribution < 1.29 is 38.0 Å². The molecule has 0 saturated carbocycles. The maximum Gasteiger partial charge on any atom is 0.411 e. The van der Waals surface area contributed by atoms with E-state index in [-0.39, 0.29) is 28.9 Å². The SMILES string of the molecule is CCOC(=O)Nc1ccc2c(COC(=O)CN3C(=O)c4cccc([N+](=O)[O-])c4C3=O)cc(=O)oc2c1.